The van der Waals surface area contributed by atoms with Crippen LogP contribution in [-0.4, -0.2) is 25.8 Å². The number of rotatable bonds is 4. The molecule has 3 rings (SSSR count). The third kappa shape index (κ3) is 3.70. The summed E-state index contributed by atoms with van der Waals surface area (Å²) >= 11 is 2.99. The van der Waals surface area contributed by atoms with Gasteiger partial charge in [0.25, 0.3) is 0 Å². The van der Waals surface area contributed by atoms with Gasteiger partial charge in [-0.3, -0.25) is 0 Å². The summed E-state index contributed by atoms with van der Waals surface area (Å²) in [4.78, 5) is 12.3. The minimum Gasteiger partial charge on any atom is -0.462 e. The van der Waals surface area contributed by atoms with Crippen LogP contribution in [0.5, 0.6) is 0 Å². The minimum atomic E-state index is -0.565. The number of hydrogen-bond donors (Lipinski definition) is 0. The second-order valence-electron chi connectivity index (χ2n) is 6.13. The van der Waals surface area contributed by atoms with E-state index < -0.39 is 17.6 Å². The molecule has 3 nitrogen and oxygen atoms in total. The van der Waals surface area contributed by atoms with Gasteiger partial charge < -0.3 is 9.47 Å². The molecular formula is C19H19BrF2O3. The van der Waals surface area contributed by atoms with Crippen molar-refractivity contribution in [3.63, 3.8) is 0 Å². The molecule has 1 aromatic rings. The van der Waals surface area contributed by atoms with Crippen LogP contribution >= 0.6 is 15.9 Å². The zero-order valence-corrected chi connectivity index (χ0v) is 15.4. The van der Waals surface area contributed by atoms with Crippen LogP contribution in [0.3, 0.4) is 0 Å². The van der Waals surface area contributed by atoms with Gasteiger partial charge in [0.05, 0.1) is 16.7 Å². The van der Waals surface area contributed by atoms with E-state index in [0.717, 1.165) is 25.0 Å². The smallest absolute Gasteiger partial charge is 0.338 e. The average molecular weight is 413 g/mol. The van der Waals surface area contributed by atoms with Crippen molar-refractivity contribution in [3.05, 3.63) is 51.5 Å². The summed E-state index contributed by atoms with van der Waals surface area (Å²) in [5.74, 6) is -1.57. The average Bonchev–Trinajstić information content (AvgIpc) is 3.04. The van der Waals surface area contributed by atoms with Crippen LogP contribution in [0.15, 0.2) is 34.3 Å². The summed E-state index contributed by atoms with van der Waals surface area (Å²) in [6.45, 7) is 3.21. The highest BCUT2D eigenvalue weighted by Crippen LogP contribution is 2.43. The molecule has 0 N–H and O–H groups in total. The molecule has 0 amide bonds. The number of esters is 1. The van der Waals surface area contributed by atoms with Crippen molar-refractivity contribution >= 4 is 27.5 Å². The normalized spacial score (nSPS) is 21.0. The predicted molar refractivity (Wildman–Crippen MR) is 93.8 cm³/mol. The van der Waals surface area contributed by atoms with Crippen molar-refractivity contribution in [1.29, 1.82) is 0 Å². The SMILES string of the molecule is CCOC(=O)C1=C(c2cc(F)c(Br)cc2F)C(C2CCOCC2)C=C1. The van der Waals surface area contributed by atoms with E-state index in [2.05, 4.69) is 15.9 Å². The Morgan fingerprint density at radius 2 is 2.00 bits per heavy atom. The van der Waals surface area contributed by atoms with Crippen molar-refractivity contribution in [2.75, 3.05) is 19.8 Å². The van der Waals surface area contributed by atoms with Crippen LogP contribution in [-0.2, 0) is 14.3 Å². The maximum absolute atomic E-state index is 14.6. The van der Waals surface area contributed by atoms with E-state index in [4.69, 9.17) is 9.47 Å². The maximum atomic E-state index is 14.6. The molecule has 6 heteroatoms. The van der Waals surface area contributed by atoms with Crippen molar-refractivity contribution in [1.82, 2.24) is 0 Å². The van der Waals surface area contributed by atoms with Crippen LogP contribution in [0.4, 0.5) is 8.78 Å². The quantitative estimate of drug-likeness (QED) is 0.532. The molecule has 1 saturated heterocycles. The Labute approximate surface area is 153 Å². The molecule has 1 atom stereocenters. The lowest BCUT2D eigenvalue weighted by Gasteiger charge is -2.29. The second-order valence-corrected chi connectivity index (χ2v) is 6.98. The first kappa shape index (κ1) is 18.3. The van der Waals surface area contributed by atoms with Gasteiger partial charge in [0, 0.05) is 24.7 Å². The molecule has 1 fully saturated rings. The maximum Gasteiger partial charge on any atom is 0.338 e. The van der Waals surface area contributed by atoms with E-state index in [-0.39, 0.29) is 28.5 Å². The minimum absolute atomic E-state index is 0.0561. The van der Waals surface area contributed by atoms with E-state index in [0.29, 0.717) is 24.4 Å². The zero-order chi connectivity index (χ0) is 18.0. The van der Waals surface area contributed by atoms with Crippen molar-refractivity contribution in [2.24, 2.45) is 11.8 Å². The summed E-state index contributed by atoms with van der Waals surface area (Å²) in [5, 5.41) is 0. The molecule has 1 unspecified atom stereocenters. The van der Waals surface area contributed by atoms with Crippen molar-refractivity contribution in [3.8, 4) is 0 Å². The molecule has 0 radical (unpaired) electrons. The van der Waals surface area contributed by atoms with E-state index in [1.165, 1.54) is 0 Å². The Bertz CT molecular complexity index is 736. The number of ether oxygens (including phenoxy) is 2. The summed E-state index contributed by atoms with van der Waals surface area (Å²) in [6, 6.07) is 2.24. The molecule has 1 aromatic carbocycles. The molecule has 0 aromatic heterocycles. The van der Waals surface area contributed by atoms with Crippen molar-refractivity contribution in [2.45, 2.75) is 19.8 Å². The predicted octanol–water partition coefficient (Wildman–Crippen LogP) is 4.66. The van der Waals surface area contributed by atoms with Crippen molar-refractivity contribution < 1.29 is 23.0 Å². The van der Waals surface area contributed by atoms with Crippen LogP contribution in [0.1, 0.15) is 25.3 Å². The highest BCUT2D eigenvalue weighted by molar-refractivity contribution is 9.10. The number of allylic oxidation sites excluding steroid dienone is 2. The van der Waals surface area contributed by atoms with E-state index >= 15 is 0 Å². The number of hydrogen-bond acceptors (Lipinski definition) is 3. The Balaban J connectivity index is 2.08. The number of carbonyl (C=O) groups excluding carboxylic acids is 1. The fraction of sp³-hybridized carbons (Fsp3) is 0.421. The van der Waals surface area contributed by atoms with E-state index in [9.17, 15) is 13.6 Å². The number of carbonyl (C=O) groups is 1. The molecular weight excluding hydrogens is 394 g/mol. The number of benzene rings is 1. The third-order valence-corrected chi connectivity index (χ3v) is 5.27. The van der Waals surface area contributed by atoms with Crippen LogP contribution in [0.2, 0.25) is 0 Å². The highest BCUT2D eigenvalue weighted by atomic mass is 79.9. The molecule has 25 heavy (non-hydrogen) atoms. The topological polar surface area (TPSA) is 35.5 Å². The lowest BCUT2D eigenvalue weighted by molar-refractivity contribution is -0.138. The van der Waals surface area contributed by atoms with Gasteiger partial charge in [0.15, 0.2) is 0 Å². The lowest BCUT2D eigenvalue weighted by atomic mass is 9.79. The first-order chi connectivity index (χ1) is 12.0. The molecule has 134 valence electrons. The van der Waals surface area contributed by atoms with Gasteiger partial charge in [-0.25, -0.2) is 13.6 Å². The van der Waals surface area contributed by atoms with E-state index in [1.807, 2.05) is 6.08 Å². The summed E-state index contributed by atoms with van der Waals surface area (Å²) < 4.78 is 39.2. The standard InChI is InChI=1S/C19H19BrF2O3/c1-2-25-19(23)13-4-3-12(11-5-7-24-8-6-11)18(13)14-9-17(22)15(20)10-16(14)21/h3-4,9-12H,2,5-8H2,1H3. The fourth-order valence-electron chi connectivity index (χ4n) is 3.47. The zero-order valence-electron chi connectivity index (χ0n) is 13.9. The largest absolute Gasteiger partial charge is 0.462 e. The fourth-order valence-corrected chi connectivity index (χ4v) is 3.79. The first-order valence-electron chi connectivity index (χ1n) is 8.35. The molecule has 0 saturated carbocycles. The summed E-state index contributed by atoms with van der Waals surface area (Å²) in [6.07, 6.45) is 5.20. The summed E-state index contributed by atoms with van der Waals surface area (Å²) in [5.41, 5.74) is 0.929. The molecule has 1 aliphatic carbocycles. The Hall–Kier alpha value is -1.53. The van der Waals surface area contributed by atoms with Gasteiger partial charge in [-0.2, -0.15) is 0 Å². The monoisotopic (exact) mass is 412 g/mol. The first-order valence-corrected chi connectivity index (χ1v) is 9.14. The molecule has 1 aliphatic heterocycles. The van der Waals surface area contributed by atoms with E-state index in [1.54, 1.807) is 13.0 Å². The van der Waals surface area contributed by atoms with Gasteiger partial charge in [0.1, 0.15) is 11.6 Å². The summed E-state index contributed by atoms with van der Waals surface area (Å²) in [7, 11) is 0. The second kappa shape index (κ2) is 7.79. The molecule has 1 heterocycles. The Morgan fingerprint density at radius 3 is 2.68 bits per heavy atom. The number of halogens is 3. The third-order valence-electron chi connectivity index (χ3n) is 4.66. The Kier molecular flexibility index (Phi) is 5.69. The van der Waals surface area contributed by atoms with Crippen LogP contribution in [0, 0.1) is 23.5 Å². The lowest BCUT2D eigenvalue weighted by Crippen LogP contribution is -2.23. The molecule has 0 spiro atoms. The highest BCUT2D eigenvalue weighted by Gasteiger charge is 2.34. The van der Waals surface area contributed by atoms with Gasteiger partial charge >= 0.3 is 5.97 Å². The van der Waals surface area contributed by atoms with Gasteiger partial charge in [-0.15, -0.1) is 0 Å². The van der Waals surface area contributed by atoms with Gasteiger partial charge in [-0.1, -0.05) is 12.2 Å². The van der Waals surface area contributed by atoms with Crippen LogP contribution < -0.4 is 0 Å². The van der Waals surface area contributed by atoms with Gasteiger partial charge in [-0.05, 0) is 59.3 Å². The molecule has 2 aliphatic rings. The van der Waals surface area contributed by atoms with Crippen LogP contribution in [0.25, 0.3) is 5.57 Å². The Morgan fingerprint density at radius 1 is 1.28 bits per heavy atom. The van der Waals surface area contributed by atoms with Gasteiger partial charge in [0.2, 0.25) is 0 Å². The molecule has 0 bridgehead atoms.